The Morgan fingerprint density at radius 1 is 1.07 bits per heavy atom. The maximum Gasteiger partial charge on any atom is 0.311 e. The zero-order valence-electron chi connectivity index (χ0n) is 17.2. The van der Waals surface area contributed by atoms with Gasteiger partial charge in [0.1, 0.15) is 0 Å². The van der Waals surface area contributed by atoms with Gasteiger partial charge in [-0.2, -0.15) is 0 Å². The molecule has 1 atom stereocenters. The minimum Gasteiger partial charge on any atom is -0.455 e. The van der Waals surface area contributed by atoms with Gasteiger partial charge in [0, 0.05) is 29.9 Å². The maximum atomic E-state index is 12.4. The van der Waals surface area contributed by atoms with E-state index in [4.69, 9.17) is 4.74 Å². The lowest BCUT2D eigenvalue weighted by atomic mass is 10.1. The van der Waals surface area contributed by atoms with Gasteiger partial charge < -0.3 is 15.0 Å². The predicted octanol–water partition coefficient (Wildman–Crippen LogP) is 3.04. The monoisotopic (exact) mass is 408 g/mol. The molecule has 7 nitrogen and oxygen atoms in total. The van der Waals surface area contributed by atoms with Gasteiger partial charge in [0.15, 0.2) is 12.4 Å². The number of rotatable bonds is 6. The zero-order valence-corrected chi connectivity index (χ0v) is 17.2. The van der Waals surface area contributed by atoms with Crippen molar-refractivity contribution in [3.8, 4) is 0 Å². The van der Waals surface area contributed by atoms with Crippen LogP contribution in [0.2, 0.25) is 0 Å². The van der Waals surface area contributed by atoms with Gasteiger partial charge in [0.05, 0.1) is 5.92 Å². The summed E-state index contributed by atoms with van der Waals surface area (Å²) in [5, 5.41) is 2.60. The molecule has 1 aliphatic heterocycles. The van der Waals surface area contributed by atoms with Gasteiger partial charge in [-0.3, -0.25) is 19.2 Å². The molecule has 0 aliphatic carbocycles. The highest BCUT2D eigenvalue weighted by Crippen LogP contribution is 2.27. The van der Waals surface area contributed by atoms with Gasteiger partial charge in [0.2, 0.25) is 5.91 Å². The second-order valence-electron chi connectivity index (χ2n) is 7.46. The van der Waals surface area contributed by atoms with E-state index >= 15 is 0 Å². The van der Waals surface area contributed by atoms with Crippen molar-refractivity contribution in [1.29, 1.82) is 0 Å². The third kappa shape index (κ3) is 4.92. The largest absolute Gasteiger partial charge is 0.455 e. The lowest BCUT2D eigenvalue weighted by molar-refractivity contribution is -0.151. The van der Waals surface area contributed by atoms with E-state index in [2.05, 4.69) is 5.32 Å². The Morgan fingerprint density at radius 3 is 2.40 bits per heavy atom. The Morgan fingerprint density at radius 2 is 1.77 bits per heavy atom. The van der Waals surface area contributed by atoms with Crippen LogP contribution in [0.25, 0.3) is 0 Å². The summed E-state index contributed by atoms with van der Waals surface area (Å²) in [5.41, 5.74) is 3.99. The van der Waals surface area contributed by atoms with Gasteiger partial charge in [-0.05, 0) is 68.3 Å². The van der Waals surface area contributed by atoms with E-state index in [0.717, 1.165) is 16.8 Å². The molecule has 0 radical (unpaired) electrons. The van der Waals surface area contributed by atoms with E-state index in [1.165, 1.54) is 6.92 Å². The molecule has 0 bridgehead atoms. The molecule has 30 heavy (non-hydrogen) atoms. The first kappa shape index (κ1) is 21.2. The lowest BCUT2D eigenvalue weighted by Gasteiger charge is -2.17. The number of nitrogens with one attached hydrogen (secondary N) is 1. The lowest BCUT2D eigenvalue weighted by Crippen LogP contribution is -2.28. The highest BCUT2D eigenvalue weighted by atomic mass is 16.5. The second-order valence-corrected chi connectivity index (χ2v) is 7.46. The van der Waals surface area contributed by atoms with Crippen LogP contribution in [0.1, 0.15) is 34.8 Å². The van der Waals surface area contributed by atoms with Crippen molar-refractivity contribution in [2.24, 2.45) is 5.92 Å². The molecule has 0 spiro atoms. The molecule has 0 saturated carbocycles. The van der Waals surface area contributed by atoms with E-state index < -0.39 is 24.4 Å². The van der Waals surface area contributed by atoms with E-state index in [0.29, 0.717) is 11.3 Å². The number of hydrogen-bond donors (Lipinski definition) is 1. The molecule has 1 aliphatic rings. The summed E-state index contributed by atoms with van der Waals surface area (Å²) in [6, 6.07) is 12.1. The van der Waals surface area contributed by atoms with Crippen LogP contribution in [0.4, 0.5) is 11.4 Å². The summed E-state index contributed by atoms with van der Waals surface area (Å²) in [6.07, 6.45) is 0.0554. The highest BCUT2D eigenvalue weighted by Gasteiger charge is 2.36. The first-order valence-corrected chi connectivity index (χ1v) is 9.69. The molecule has 2 aromatic rings. The SMILES string of the molecule is CC(=O)c1ccc(NC(=O)COC(=O)[C@H]2CC(=O)N(c3ccc(C)c(C)c3)C2)cc1. The van der Waals surface area contributed by atoms with Crippen molar-refractivity contribution in [1.82, 2.24) is 0 Å². The van der Waals surface area contributed by atoms with E-state index in [-0.39, 0.29) is 24.7 Å². The Kier molecular flexibility index (Phi) is 6.30. The van der Waals surface area contributed by atoms with E-state index in [1.54, 1.807) is 29.2 Å². The van der Waals surface area contributed by atoms with Crippen molar-refractivity contribution in [3.63, 3.8) is 0 Å². The Hall–Kier alpha value is -3.48. The Labute approximate surface area is 175 Å². The fourth-order valence-electron chi connectivity index (χ4n) is 3.25. The molecule has 3 rings (SSSR count). The zero-order chi connectivity index (χ0) is 21.8. The summed E-state index contributed by atoms with van der Waals surface area (Å²) in [5.74, 6) is -1.88. The molecule has 1 fully saturated rings. The van der Waals surface area contributed by atoms with Crippen LogP contribution in [0.5, 0.6) is 0 Å². The molecule has 2 amide bonds. The van der Waals surface area contributed by atoms with Crippen LogP contribution in [-0.2, 0) is 19.1 Å². The van der Waals surface area contributed by atoms with Gasteiger partial charge >= 0.3 is 5.97 Å². The average Bonchev–Trinajstić information content (AvgIpc) is 3.10. The molecular formula is C23H24N2O5. The molecular weight excluding hydrogens is 384 g/mol. The highest BCUT2D eigenvalue weighted by molar-refractivity contribution is 6.00. The number of carbonyl (C=O) groups is 4. The minimum atomic E-state index is -0.609. The average molecular weight is 408 g/mol. The molecule has 156 valence electrons. The summed E-state index contributed by atoms with van der Waals surface area (Å²) in [4.78, 5) is 49.6. The Balaban J connectivity index is 1.52. The van der Waals surface area contributed by atoms with Crippen molar-refractivity contribution in [2.45, 2.75) is 27.2 Å². The number of nitrogens with zero attached hydrogens (tertiary/aromatic N) is 1. The van der Waals surface area contributed by atoms with Gasteiger partial charge in [-0.15, -0.1) is 0 Å². The maximum absolute atomic E-state index is 12.4. The smallest absolute Gasteiger partial charge is 0.311 e. The fraction of sp³-hybridized carbons (Fsp3) is 0.304. The summed E-state index contributed by atoms with van der Waals surface area (Å²) < 4.78 is 5.11. The van der Waals surface area contributed by atoms with Crippen LogP contribution in [0.15, 0.2) is 42.5 Å². The van der Waals surface area contributed by atoms with Gasteiger partial charge in [-0.1, -0.05) is 6.07 Å². The van der Waals surface area contributed by atoms with Crippen molar-refractivity contribution < 1.29 is 23.9 Å². The number of aryl methyl sites for hydroxylation is 2. The number of anilines is 2. The summed E-state index contributed by atoms with van der Waals surface area (Å²) in [6.45, 7) is 5.21. The predicted molar refractivity (Wildman–Crippen MR) is 112 cm³/mol. The Bertz CT molecular complexity index is 997. The van der Waals surface area contributed by atoms with Gasteiger partial charge in [-0.25, -0.2) is 0 Å². The van der Waals surface area contributed by atoms with Crippen LogP contribution >= 0.6 is 0 Å². The first-order valence-electron chi connectivity index (χ1n) is 9.69. The number of amides is 2. The minimum absolute atomic E-state index is 0.0554. The molecule has 1 heterocycles. The summed E-state index contributed by atoms with van der Waals surface area (Å²) in [7, 11) is 0. The van der Waals surface area contributed by atoms with Crippen LogP contribution < -0.4 is 10.2 Å². The fourth-order valence-corrected chi connectivity index (χ4v) is 3.25. The molecule has 0 aromatic heterocycles. The van der Waals surface area contributed by atoms with Crippen molar-refractivity contribution in [3.05, 3.63) is 59.2 Å². The number of esters is 1. The van der Waals surface area contributed by atoms with Gasteiger partial charge in [0.25, 0.3) is 5.91 Å². The quantitative estimate of drug-likeness (QED) is 0.586. The van der Waals surface area contributed by atoms with Crippen molar-refractivity contribution in [2.75, 3.05) is 23.4 Å². The number of ether oxygens (including phenoxy) is 1. The second kappa shape index (κ2) is 8.90. The normalized spacial score (nSPS) is 15.8. The number of hydrogen-bond acceptors (Lipinski definition) is 5. The van der Waals surface area contributed by atoms with Crippen LogP contribution in [-0.4, -0.2) is 36.7 Å². The first-order chi connectivity index (χ1) is 14.2. The van der Waals surface area contributed by atoms with Crippen molar-refractivity contribution >= 4 is 34.9 Å². The van der Waals surface area contributed by atoms with Crippen LogP contribution in [0.3, 0.4) is 0 Å². The number of ketones is 1. The van der Waals surface area contributed by atoms with Crippen LogP contribution in [0, 0.1) is 19.8 Å². The molecule has 2 aromatic carbocycles. The molecule has 1 saturated heterocycles. The van der Waals surface area contributed by atoms with E-state index in [9.17, 15) is 19.2 Å². The van der Waals surface area contributed by atoms with E-state index in [1.807, 2.05) is 32.0 Å². The number of carbonyl (C=O) groups excluding carboxylic acids is 4. The standard InChI is InChI=1S/C23H24N2O5/c1-14-4-9-20(10-15(14)2)25-12-18(11-22(25)28)23(29)30-13-21(27)24-19-7-5-17(6-8-19)16(3)26/h4-10,18H,11-13H2,1-3H3,(H,24,27)/t18-/m0/s1. The topological polar surface area (TPSA) is 92.8 Å². The molecule has 1 N–H and O–H groups in total. The third-order valence-electron chi connectivity index (χ3n) is 5.18. The molecule has 0 unspecified atom stereocenters. The molecule has 7 heteroatoms. The summed E-state index contributed by atoms with van der Waals surface area (Å²) >= 11 is 0. The number of benzene rings is 2. The number of Topliss-reactive ketones (excluding diaryl/α,β-unsaturated/α-hetero) is 1. The third-order valence-corrected chi connectivity index (χ3v) is 5.18.